The Kier molecular flexibility index (Phi) is 5.09. The van der Waals surface area contributed by atoms with Crippen LogP contribution in [0.1, 0.15) is 6.92 Å². The molecule has 0 fully saturated rings. The summed E-state index contributed by atoms with van der Waals surface area (Å²) in [7, 11) is 1.67. The van der Waals surface area contributed by atoms with Crippen LogP contribution in [-0.4, -0.2) is 31.2 Å². The number of benzene rings is 1. The van der Waals surface area contributed by atoms with E-state index in [9.17, 15) is 4.79 Å². The number of thiazole rings is 1. The molecule has 1 heterocycles. The van der Waals surface area contributed by atoms with E-state index in [1.807, 2.05) is 29.6 Å². The molecule has 1 aromatic carbocycles. The second kappa shape index (κ2) is 7.02. The van der Waals surface area contributed by atoms with E-state index in [0.717, 1.165) is 28.6 Å². The van der Waals surface area contributed by atoms with Crippen LogP contribution in [0.5, 0.6) is 0 Å². The van der Waals surface area contributed by atoms with Crippen molar-refractivity contribution in [3.63, 3.8) is 0 Å². The zero-order chi connectivity index (χ0) is 14.4. The fourth-order valence-corrected chi connectivity index (χ4v) is 2.42. The van der Waals surface area contributed by atoms with Gasteiger partial charge in [0.05, 0.1) is 12.3 Å². The number of nitrogens with zero attached hydrogens (tertiary/aromatic N) is 1. The monoisotopic (exact) mass is 291 g/mol. The lowest BCUT2D eigenvalue weighted by molar-refractivity contribution is -0.114. The molecule has 0 aliphatic carbocycles. The summed E-state index contributed by atoms with van der Waals surface area (Å²) in [6.07, 6.45) is 0. The van der Waals surface area contributed by atoms with Gasteiger partial charge in [0.1, 0.15) is 0 Å². The Morgan fingerprint density at radius 2 is 2.10 bits per heavy atom. The molecule has 0 radical (unpaired) electrons. The zero-order valence-electron chi connectivity index (χ0n) is 11.5. The van der Waals surface area contributed by atoms with Crippen LogP contribution in [0.25, 0.3) is 11.3 Å². The summed E-state index contributed by atoms with van der Waals surface area (Å²) in [6.45, 7) is 2.89. The van der Waals surface area contributed by atoms with Gasteiger partial charge in [0, 0.05) is 37.2 Å². The third-order valence-corrected chi connectivity index (χ3v) is 3.39. The summed E-state index contributed by atoms with van der Waals surface area (Å²) in [4.78, 5) is 15.5. The molecule has 0 saturated heterocycles. The van der Waals surface area contributed by atoms with Crippen LogP contribution in [0.4, 0.5) is 10.8 Å². The summed E-state index contributed by atoms with van der Waals surface area (Å²) >= 11 is 1.56. The number of nitrogens with one attached hydrogen (secondary N) is 2. The Bertz CT molecular complexity index is 566. The first-order valence-corrected chi connectivity index (χ1v) is 7.13. The lowest BCUT2D eigenvalue weighted by Gasteiger charge is -2.03. The molecule has 2 rings (SSSR count). The number of carbonyl (C=O) groups is 1. The first kappa shape index (κ1) is 14.5. The number of rotatable bonds is 6. The molecule has 0 spiro atoms. The summed E-state index contributed by atoms with van der Waals surface area (Å²) < 4.78 is 4.98. The van der Waals surface area contributed by atoms with Gasteiger partial charge in [-0.2, -0.15) is 0 Å². The van der Waals surface area contributed by atoms with Crippen molar-refractivity contribution in [3.8, 4) is 11.3 Å². The highest BCUT2D eigenvalue weighted by Gasteiger charge is 2.04. The normalized spacial score (nSPS) is 10.3. The second-order valence-corrected chi connectivity index (χ2v) is 5.07. The largest absolute Gasteiger partial charge is 0.383 e. The molecule has 1 amide bonds. The zero-order valence-corrected chi connectivity index (χ0v) is 12.3. The molecule has 106 valence electrons. The van der Waals surface area contributed by atoms with Gasteiger partial charge in [0.25, 0.3) is 0 Å². The number of amides is 1. The van der Waals surface area contributed by atoms with Gasteiger partial charge in [0.15, 0.2) is 5.13 Å². The molecule has 0 atom stereocenters. The van der Waals surface area contributed by atoms with E-state index in [1.54, 1.807) is 18.4 Å². The van der Waals surface area contributed by atoms with Crippen molar-refractivity contribution < 1.29 is 9.53 Å². The average Bonchev–Trinajstić information content (AvgIpc) is 2.88. The Morgan fingerprint density at radius 1 is 1.35 bits per heavy atom. The minimum absolute atomic E-state index is 0.0731. The maximum absolute atomic E-state index is 11.0. The van der Waals surface area contributed by atoms with Crippen LogP contribution in [0.3, 0.4) is 0 Å². The van der Waals surface area contributed by atoms with Crippen LogP contribution in [0.2, 0.25) is 0 Å². The predicted octanol–water partition coefficient (Wildman–Crippen LogP) is 2.83. The fourth-order valence-electron chi connectivity index (χ4n) is 1.68. The molecule has 0 unspecified atom stereocenters. The van der Waals surface area contributed by atoms with Gasteiger partial charge in [0.2, 0.25) is 5.91 Å². The number of hydrogen-bond acceptors (Lipinski definition) is 5. The van der Waals surface area contributed by atoms with Gasteiger partial charge in [-0.1, -0.05) is 12.1 Å². The van der Waals surface area contributed by atoms with Crippen molar-refractivity contribution in [3.05, 3.63) is 29.6 Å². The molecule has 1 aromatic heterocycles. The molecular formula is C14H17N3O2S. The number of anilines is 2. The molecule has 0 saturated carbocycles. The van der Waals surface area contributed by atoms with Crippen LogP contribution in [-0.2, 0) is 9.53 Å². The highest BCUT2D eigenvalue weighted by molar-refractivity contribution is 7.14. The number of carbonyl (C=O) groups excluding carboxylic acids is 1. The maximum atomic E-state index is 11.0. The Labute approximate surface area is 122 Å². The molecule has 5 nitrogen and oxygen atoms in total. The predicted molar refractivity (Wildman–Crippen MR) is 82.2 cm³/mol. The number of ether oxygens (including phenoxy) is 1. The van der Waals surface area contributed by atoms with Gasteiger partial charge in [-0.3, -0.25) is 4.79 Å². The summed E-state index contributed by atoms with van der Waals surface area (Å²) in [5.74, 6) is -0.0731. The lowest BCUT2D eigenvalue weighted by atomic mass is 10.1. The quantitative estimate of drug-likeness (QED) is 0.803. The van der Waals surface area contributed by atoms with Crippen molar-refractivity contribution >= 4 is 28.1 Å². The van der Waals surface area contributed by atoms with Crippen molar-refractivity contribution in [2.45, 2.75) is 6.92 Å². The first-order valence-electron chi connectivity index (χ1n) is 6.25. The van der Waals surface area contributed by atoms with Crippen molar-refractivity contribution in [1.29, 1.82) is 0 Å². The van der Waals surface area contributed by atoms with Crippen molar-refractivity contribution in [1.82, 2.24) is 4.98 Å². The Morgan fingerprint density at radius 3 is 2.75 bits per heavy atom. The van der Waals surface area contributed by atoms with Gasteiger partial charge < -0.3 is 15.4 Å². The topological polar surface area (TPSA) is 63.2 Å². The molecule has 20 heavy (non-hydrogen) atoms. The third kappa shape index (κ3) is 4.04. The fraction of sp³-hybridized carbons (Fsp3) is 0.286. The molecule has 6 heteroatoms. The van der Waals surface area contributed by atoms with Crippen LogP contribution in [0.15, 0.2) is 29.6 Å². The van der Waals surface area contributed by atoms with Gasteiger partial charge in [-0.15, -0.1) is 11.3 Å². The first-order chi connectivity index (χ1) is 9.69. The Hall–Kier alpha value is -1.92. The van der Waals surface area contributed by atoms with Crippen molar-refractivity contribution in [2.75, 3.05) is 30.9 Å². The smallest absolute Gasteiger partial charge is 0.221 e. The third-order valence-electron chi connectivity index (χ3n) is 2.59. The number of hydrogen-bond donors (Lipinski definition) is 2. The molecular weight excluding hydrogens is 274 g/mol. The van der Waals surface area contributed by atoms with Gasteiger partial charge in [-0.25, -0.2) is 4.98 Å². The maximum Gasteiger partial charge on any atom is 0.221 e. The summed E-state index contributed by atoms with van der Waals surface area (Å²) in [6, 6.07) is 7.63. The lowest BCUT2D eigenvalue weighted by Crippen LogP contribution is -2.07. The molecule has 2 N–H and O–H groups in total. The number of methoxy groups -OCH3 is 1. The molecule has 2 aromatic rings. The number of aromatic nitrogens is 1. The van der Waals surface area contributed by atoms with Gasteiger partial charge >= 0.3 is 0 Å². The van der Waals surface area contributed by atoms with E-state index in [-0.39, 0.29) is 5.91 Å². The van der Waals surface area contributed by atoms with E-state index < -0.39 is 0 Å². The summed E-state index contributed by atoms with van der Waals surface area (Å²) in [5, 5.41) is 8.82. The van der Waals surface area contributed by atoms with E-state index in [0.29, 0.717) is 6.61 Å². The van der Waals surface area contributed by atoms with Crippen LogP contribution in [0, 0.1) is 0 Å². The minimum atomic E-state index is -0.0731. The molecule has 0 aliphatic heterocycles. The minimum Gasteiger partial charge on any atom is -0.383 e. The summed E-state index contributed by atoms with van der Waals surface area (Å²) in [5.41, 5.74) is 2.73. The van der Waals surface area contributed by atoms with Crippen LogP contribution >= 0.6 is 11.3 Å². The molecule has 0 bridgehead atoms. The SMILES string of the molecule is COCCNc1nc(-c2ccc(NC(C)=O)cc2)cs1. The standard InChI is InChI=1S/C14H17N3O2S/c1-10(18)16-12-5-3-11(4-6-12)13-9-20-14(17-13)15-7-8-19-2/h3-6,9H,7-8H2,1-2H3,(H,15,17)(H,16,18). The van der Waals surface area contributed by atoms with E-state index in [4.69, 9.17) is 4.74 Å². The van der Waals surface area contributed by atoms with E-state index >= 15 is 0 Å². The van der Waals surface area contributed by atoms with Gasteiger partial charge in [-0.05, 0) is 12.1 Å². The van der Waals surface area contributed by atoms with E-state index in [2.05, 4.69) is 15.6 Å². The van der Waals surface area contributed by atoms with Crippen molar-refractivity contribution in [2.24, 2.45) is 0 Å². The highest BCUT2D eigenvalue weighted by Crippen LogP contribution is 2.25. The average molecular weight is 291 g/mol. The highest BCUT2D eigenvalue weighted by atomic mass is 32.1. The molecule has 0 aliphatic rings. The Balaban J connectivity index is 2.02. The van der Waals surface area contributed by atoms with Crippen LogP contribution < -0.4 is 10.6 Å². The second-order valence-electron chi connectivity index (χ2n) is 4.22. The van der Waals surface area contributed by atoms with E-state index in [1.165, 1.54) is 6.92 Å².